The van der Waals surface area contributed by atoms with Crippen LogP contribution < -0.4 is 14.0 Å². The first-order valence-corrected chi connectivity index (χ1v) is 9.13. The van der Waals surface area contributed by atoms with Gasteiger partial charge in [0, 0.05) is 16.7 Å². The maximum absolute atomic E-state index is 6.17. The van der Waals surface area contributed by atoms with Crippen LogP contribution in [0.3, 0.4) is 0 Å². The van der Waals surface area contributed by atoms with Crippen molar-refractivity contribution >= 4 is 7.32 Å². The third-order valence-corrected chi connectivity index (χ3v) is 4.62. The van der Waals surface area contributed by atoms with Gasteiger partial charge >= 0.3 is 7.32 Å². The van der Waals surface area contributed by atoms with Crippen LogP contribution >= 0.6 is 0 Å². The molecular formula is C24H16BO3. The van der Waals surface area contributed by atoms with Crippen LogP contribution in [0.15, 0.2) is 97.1 Å². The third kappa shape index (κ3) is 3.10. The van der Waals surface area contributed by atoms with E-state index in [4.69, 9.17) is 14.0 Å². The van der Waals surface area contributed by atoms with Crippen molar-refractivity contribution in [2.24, 2.45) is 0 Å². The Morgan fingerprint density at radius 3 is 1.82 bits per heavy atom. The van der Waals surface area contributed by atoms with Crippen LogP contribution in [0.25, 0.3) is 22.3 Å². The van der Waals surface area contributed by atoms with Gasteiger partial charge in [-0.1, -0.05) is 78.9 Å². The molecule has 0 atom stereocenters. The van der Waals surface area contributed by atoms with E-state index in [1.165, 1.54) is 0 Å². The zero-order valence-electron chi connectivity index (χ0n) is 15.0. The predicted octanol–water partition coefficient (Wildman–Crippen LogP) is 5.66. The minimum absolute atomic E-state index is 0.673. The third-order valence-electron chi connectivity index (χ3n) is 4.62. The lowest BCUT2D eigenvalue weighted by molar-refractivity contribution is 0.312. The molecule has 1 aliphatic heterocycles. The number of fused-ring (bicyclic) bond motifs is 3. The predicted molar refractivity (Wildman–Crippen MR) is 110 cm³/mol. The minimum Gasteiger partial charge on any atom is -0.489 e. The second-order valence-electron chi connectivity index (χ2n) is 6.41. The minimum atomic E-state index is -0.908. The van der Waals surface area contributed by atoms with Gasteiger partial charge in [0.05, 0.1) is 0 Å². The quantitative estimate of drug-likeness (QED) is 0.440. The van der Waals surface area contributed by atoms with Gasteiger partial charge < -0.3 is 14.0 Å². The van der Waals surface area contributed by atoms with E-state index in [0.29, 0.717) is 5.75 Å². The van der Waals surface area contributed by atoms with Crippen molar-refractivity contribution in [3.8, 4) is 39.5 Å². The summed E-state index contributed by atoms with van der Waals surface area (Å²) in [5.41, 5.74) is 3.84. The molecule has 0 amide bonds. The van der Waals surface area contributed by atoms with Gasteiger partial charge in [-0.25, -0.2) is 0 Å². The van der Waals surface area contributed by atoms with Gasteiger partial charge in [-0.05, 0) is 29.8 Å². The fourth-order valence-corrected chi connectivity index (χ4v) is 3.32. The molecule has 4 aromatic carbocycles. The van der Waals surface area contributed by atoms with Gasteiger partial charge in [-0.15, -0.1) is 0 Å². The standard InChI is InChI=1S/C24H16BO3/c1-2-10-18(11-3-1)19-12-4-7-15-22(19)26-25-27-23-16-8-5-13-20(23)21-14-6-9-17-24(21)28-25/h1-10,12-17H. The van der Waals surface area contributed by atoms with Crippen molar-refractivity contribution in [1.29, 1.82) is 0 Å². The zero-order valence-corrected chi connectivity index (χ0v) is 15.0. The van der Waals surface area contributed by atoms with Crippen LogP contribution in [0, 0.1) is 6.07 Å². The Kier molecular flexibility index (Phi) is 4.22. The molecule has 0 aliphatic carbocycles. The highest BCUT2D eigenvalue weighted by molar-refractivity contribution is 6.40. The normalized spacial score (nSPS) is 12.1. The molecule has 0 unspecified atom stereocenters. The average Bonchev–Trinajstić information content (AvgIpc) is 2.91. The fraction of sp³-hybridized carbons (Fsp3) is 0. The van der Waals surface area contributed by atoms with Crippen LogP contribution in [-0.2, 0) is 0 Å². The Morgan fingerprint density at radius 1 is 0.607 bits per heavy atom. The smallest absolute Gasteiger partial charge is 0.489 e. The van der Waals surface area contributed by atoms with Gasteiger partial charge in [0.2, 0.25) is 0 Å². The summed E-state index contributed by atoms with van der Waals surface area (Å²) in [5, 5.41) is 0. The molecule has 0 N–H and O–H groups in total. The number of benzene rings is 4. The summed E-state index contributed by atoms with van der Waals surface area (Å²) < 4.78 is 18.3. The zero-order chi connectivity index (χ0) is 18.8. The van der Waals surface area contributed by atoms with Crippen LogP contribution in [0.5, 0.6) is 17.2 Å². The first-order valence-electron chi connectivity index (χ1n) is 9.13. The molecule has 28 heavy (non-hydrogen) atoms. The summed E-state index contributed by atoms with van der Waals surface area (Å²) in [6, 6.07) is 34.6. The highest BCUT2D eigenvalue weighted by atomic mass is 16.7. The van der Waals surface area contributed by atoms with E-state index in [-0.39, 0.29) is 0 Å². The molecule has 133 valence electrons. The largest absolute Gasteiger partial charge is 0.864 e. The van der Waals surface area contributed by atoms with E-state index < -0.39 is 7.32 Å². The van der Waals surface area contributed by atoms with Crippen molar-refractivity contribution in [3.05, 3.63) is 103 Å². The first kappa shape index (κ1) is 16.5. The molecule has 5 rings (SSSR count). The second-order valence-corrected chi connectivity index (χ2v) is 6.41. The molecule has 1 heterocycles. The van der Waals surface area contributed by atoms with Gasteiger partial charge in [0.15, 0.2) is 0 Å². The first-order chi connectivity index (χ1) is 13.9. The summed E-state index contributed by atoms with van der Waals surface area (Å²) in [4.78, 5) is 0. The van der Waals surface area contributed by atoms with E-state index in [1.807, 2.05) is 97.1 Å². The molecule has 4 aromatic rings. The summed E-state index contributed by atoms with van der Waals surface area (Å²) in [7, 11) is -0.908. The molecule has 4 heteroatoms. The Labute approximate surface area is 164 Å². The van der Waals surface area contributed by atoms with Crippen molar-refractivity contribution in [3.63, 3.8) is 0 Å². The Hall–Kier alpha value is -3.66. The second kappa shape index (κ2) is 7.16. The Morgan fingerprint density at radius 2 is 1.18 bits per heavy atom. The number of rotatable bonds is 3. The number of hydrogen-bond acceptors (Lipinski definition) is 3. The molecular weight excluding hydrogens is 347 g/mol. The van der Waals surface area contributed by atoms with E-state index in [1.54, 1.807) is 0 Å². The molecule has 0 spiro atoms. The summed E-state index contributed by atoms with van der Waals surface area (Å²) in [6.07, 6.45) is 0. The Bertz CT molecular complexity index is 1060. The lowest BCUT2D eigenvalue weighted by Gasteiger charge is -2.16. The number of para-hydroxylation sites is 3. The fourth-order valence-electron chi connectivity index (χ4n) is 3.32. The molecule has 0 saturated carbocycles. The molecule has 1 aliphatic rings. The van der Waals surface area contributed by atoms with Crippen LogP contribution in [0.4, 0.5) is 0 Å². The lowest BCUT2D eigenvalue weighted by Crippen LogP contribution is -2.36. The van der Waals surface area contributed by atoms with Crippen LogP contribution in [0.1, 0.15) is 0 Å². The SMILES string of the molecule is [c]1ccccc1-c1ccccc1OB1Oc2ccccc2-c2ccccc2O1. The summed E-state index contributed by atoms with van der Waals surface area (Å²) in [5.74, 6) is 2.12. The van der Waals surface area contributed by atoms with Crippen LogP contribution in [0.2, 0.25) is 0 Å². The molecule has 0 bridgehead atoms. The Balaban J connectivity index is 1.53. The lowest BCUT2D eigenvalue weighted by atomic mass is 10.0. The van der Waals surface area contributed by atoms with E-state index in [9.17, 15) is 0 Å². The van der Waals surface area contributed by atoms with Gasteiger partial charge in [0.25, 0.3) is 0 Å². The molecule has 3 nitrogen and oxygen atoms in total. The van der Waals surface area contributed by atoms with E-state index in [2.05, 4.69) is 6.07 Å². The van der Waals surface area contributed by atoms with Crippen LogP contribution in [-0.4, -0.2) is 7.32 Å². The van der Waals surface area contributed by atoms with E-state index in [0.717, 1.165) is 33.8 Å². The van der Waals surface area contributed by atoms with Gasteiger partial charge in [-0.3, -0.25) is 0 Å². The molecule has 0 aromatic heterocycles. The highest BCUT2D eigenvalue weighted by Crippen LogP contribution is 2.40. The summed E-state index contributed by atoms with van der Waals surface area (Å²) in [6.45, 7) is 0. The summed E-state index contributed by atoms with van der Waals surface area (Å²) >= 11 is 0. The van der Waals surface area contributed by atoms with Crippen molar-refractivity contribution < 1.29 is 14.0 Å². The van der Waals surface area contributed by atoms with E-state index >= 15 is 0 Å². The number of hydrogen-bond donors (Lipinski definition) is 0. The maximum Gasteiger partial charge on any atom is 0.864 e. The van der Waals surface area contributed by atoms with Gasteiger partial charge in [0.1, 0.15) is 17.2 Å². The topological polar surface area (TPSA) is 27.7 Å². The van der Waals surface area contributed by atoms with Gasteiger partial charge in [-0.2, -0.15) is 0 Å². The van der Waals surface area contributed by atoms with Crippen molar-refractivity contribution in [2.45, 2.75) is 0 Å². The maximum atomic E-state index is 6.17. The van der Waals surface area contributed by atoms with Crippen molar-refractivity contribution in [2.75, 3.05) is 0 Å². The van der Waals surface area contributed by atoms with Crippen molar-refractivity contribution in [1.82, 2.24) is 0 Å². The highest BCUT2D eigenvalue weighted by Gasteiger charge is 2.35. The molecule has 1 radical (unpaired) electrons. The molecule has 0 saturated heterocycles. The average molecular weight is 363 g/mol. The molecule has 0 fully saturated rings. The monoisotopic (exact) mass is 363 g/mol.